The van der Waals surface area contributed by atoms with Gasteiger partial charge in [0.05, 0.1) is 18.3 Å². The van der Waals surface area contributed by atoms with Gasteiger partial charge in [-0.25, -0.2) is 0 Å². The van der Waals surface area contributed by atoms with E-state index in [9.17, 15) is 4.79 Å². The molecule has 0 saturated heterocycles. The Labute approximate surface area is 149 Å². The summed E-state index contributed by atoms with van der Waals surface area (Å²) in [4.78, 5) is 14.8. The lowest BCUT2D eigenvalue weighted by Crippen LogP contribution is -2.33. The van der Waals surface area contributed by atoms with Gasteiger partial charge in [-0.05, 0) is 57.4 Å². The predicted molar refractivity (Wildman–Crippen MR) is 98.0 cm³/mol. The number of aromatic nitrogens is 2. The molecule has 0 unspecified atom stereocenters. The molecule has 5 nitrogen and oxygen atoms in total. The van der Waals surface area contributed by atoms with Gasteiger partial charge in [0.15, 0.2) is 0 Å². The van der Waals surface area contributed by atoms with E-state index >= 15 is 0 Å². The normalized spacial score (nSPS) is 14.4. The molecule has 1 aliphatic carbocycles. The van der Waals surface area contributed by atoms with Gasteiger partial charge in [-0.1, -0.05) is 12.1 Å². The van der Waals surface area contributed by atoms with Gasteiger partial charge in [0.25, 0.3) is 5.91 Å². The number of hydrogen-bond donors (Lipinski definition) is 0. The zero-order valence-electron chi connectivity index (χ0n) is 15.7. The topological polar surface area (TPSA) is 47.4 Å². The van der Waals surface area contributed by atoms with E-state index in [-0.39, 0.29) is 11.4 Å². The molecule has 1 fully saturated rings. The van der Waals surface area contributed by atoms with Crippen molar-refractivity contribution in [3.05, 3.63) is 47.3 Å². The largest absolute Gasteiger partial charge is 0.497 e. The van der Waals surface area contributed by atoms with E-state index in [1.165, 1.54) is 12.8 Å². The van der Waals surface area contributed by atoms with Crippen LogP contribution in [-0.2, 0) is 12.1 Å². The number of rotatable bonds is 5. The molecule has 0 atom stereocenters. The second-order valence-corrected chi connectivity index (χ2v) is 7.82. The molecule has 3 rings (SSSR count). The quantitative estimate of drug-likeness (QED) is 0.831. The lowest BCUT2D eigenvalue weighted by molar-refractivity contribution is 0.0764. The lowest BCUT2D eigenvalue weighted by atomic mass is 10.1. The summed E-state index contributed by atoms with van der Waals surface area (Å²) in [5.74, 6) is 1.32. The Morgan fingerprint density at radius 2 is 2.04 bits per heavy atom. The molecule has 0 bridgehead atoms. The van der Waals surface area contributed by atoms with Crippen molar-refractivity contribution in [1.29, 1.82) is 0 Å². The molecule has 1 amide bonds. The average molecular weight is 341 g/mol. The first-order chi connectivity index (χ1) is 11.8. The molecule has 134 valence electrons. The fourth-order valence-electron chi connectivity index (χ4n) is 2.95. The monoisotopic (exact) mass is 341 g/mol. The molecular weight excluding hydrogens is 314 g/mol. The first-order valence-electron chi connectivity index (χ1n) is 8.78. The molecule has 5 heteroatoms. The molecule has 1 aromatic heterocycles. The molecule has 0 radical (unpaired) electrons. The smallest absolute Gasteiger partial charge is 0.272 e. The molecular formula is C20H27N3O2. The zero-order chi connectivity index (χ0) is 18.2. The fourth-order valence-corrected chi connectivity index (χ4v) is 2.95. The summed E-state index contributed by atoms with van der Waals surface area (Å²) in [6, 6.07) is 9.79. The van der Waals surface area contributed by atoms with Gasteiger partial charge in [-0.15, -0.1) is 0 Å². The van der Waals surface area contributed by atoms with Crippen molar-refractivity contribution in [2.75, 3.05) is 14.2 Å². The number of methoxy groups -OCH3 is 1. The number of amides is 1. The summed E-state index contributed by atoms with van der Waals surface area (Å²) in [5.41, 5.74) is 2.53. The van der Waals surface area contributed by atoms with Crippen LogP contribution < -0.4 is 4.74 Å². The Bertz CT molecular complexity index is 769. The van der Waals surface area contributed by atoms with E-state index in [1.807, 2.05) is 42.1 Å². The number of carbonyl (C=O) groups excluding carboxylic acids is 1. The molecule has 1 aliphatic rings. The fraction of sp³-hybridized carbons (Fsp3) is 0.500. The minimum absolute atomic E-state index is 0.00264. The SMILES string of the molecule is COc1cccc(CN(C)C(=O)c2cc(C3CC3)nn2C(C)(C)C)c1. The molecule has 1 saturated carbocycles. The number of benzene rings is 1. The van der Waals surface area contributed by atoms with E-state index in [1.54, 1.807) is 12.0 Å². The van der Waals surface area contributed by atoms with Crippen molar-refractivity contribution in [2.24, 2.45) is 0 Å². The highest BCUT2D eigenvalue weighted by molar-refractivity contribution is 5.92. The summed E-state index contributed by atoms with van der Waals surface area (Å²) in [5, 5.41) is 4.73. The minimum Gasteiger partial charge on any atom is -0.497 e. The molecule has 2 aromatic rings. The molecule has 0 N–H and O–H groups in total. The third-order valence-electron chi connectivity index (χ3n) is 4.48. The summed E-state index contributed by atoms with van der Waals surface area (Å²) >= 11 is 0. The van der Waals surface area contributed by atoms with Crippen LogP contribution in [0.2, 0.25) is 0 Å². The maximum absolute atomic E-state index is 13.1. The van der Waals surface area contributed by atoms with E-state index < -0.39 is 0 Å². The maximum Gasteiger partial charge on any atom is 0.272 e. The van der Waals surface area contributed by atoms with Gasteiger partial charge in [-0.2, -0.15) is 5.10 Å². The van der Waals surface area contributed by atoms with E-state index in [4.69, 9.17) is 9.84 Å². The van der Waals surface area contributed by atoms with Crippen LogP contribution in [0.25, 0.3) is 0 Å². The molecule has 1 aromatic carbocycles. The average Bonchev–Trinajstić information content (AvgIpc) is 3.31. The third-order valence-corrected chi connectivity index (χ3v) is 4.48. The van der Waals surface area contributed by atoms with Gasteiger partial charge in [-0.3, -0.25) is 9.48 Å². The second-order valence-electron chi connectivity index (χ2n) is 7.82. The van der Waals surface area contributed by atoms with Gasteiger partial charge < -0.3 is 9.64 Å². The number of hydrogen-bond acceptors (Lipinski definition) is 3. The van der Waals surface area contributed by atoms with Crippen molar-refractivity contribution in [3.63, 3.8) is 0 Å². The van der Waals surface area contributed by atoms with Crippen LogP contribution in [0.5, 0.6) is 5.75 Å². The molecule has 25 heavy (non-hydrogen) atoms. The Morgan fingerprint density at radius 1 is 1.32 bits per heavy atom. The minimum atomic E-state index is -0.227. The Morgan fingerprint density at radius 3 is 2.64 bits per heavy atom. The zero-order valence-corrected chi connectivity index (χ0v) is 15.7. The third kappa shape index (κ3) is 3.86. The van der Waals surface area contributed by atoms with Crippen LogP contribution in [-0.4, -0.2) is 34.7 Å². The number of carbonyl (C=O) groups is 1. The molecule has 0 aliphatic heterocycles. The lowest BCUT2D eigenvalue weighted by Gasteiger charge is -2.24. The summed E-state index contributed by atoms with van der Waals surface area (Å²) in [6.07, 6.45) is 2.35. The number of nitrogens with zero attached hydrogens (tertiary/aromatic N) is 3. The Balaban J connectivity index is 1.84. The van der Waals surface area contributed by atoms with Gasteiger partial charge >= 0.3 is 0 Å². The highest BCUT2D eigenvalue weighted by Crippen LogP contribution is 2.40. The van der Waals surface area contributed by atoms with Crippen molar-refractivity contribution < 1.29 is 9.53 Å². The van der Waals surface area contributed by atoms with Gasteiger partial charge in [0.2, 0.25) is 0 Å². The summed E-state index contributed by atoms with van der Waals surface area (Å²) in [6.45, 7) is 6.77. The maximum atomic E-state index is 13.1. The Hall–Kier alpha value is -2.30. The second kappa shape index (κ2) is 6.54. The van der Waals surface area contributed by atoms with Crippen LogP contribution in [0, 0.1) is 0 Å². The van der Waals surface area contributed by atoms with Crippen LogP contribution in [0.1, 0.15) is 61.3 Å². The van der Waals surface area contributed by atoms with Gasteiger partial charge in [0.1, 0.15) is 11.4 Å². The van der Waals surface area contributed by atoms with Crippen LogP contribution in [0.4, 0.5) is 0 Å². The summed E-state index contributed by atoms with van der Waals surface area (Å²) in [7, 11) is 3.48. The van der Waals surface area contributed by atoms with Crippen molar-refractivity contribution in [1.82, 2.24) is 14.7 Å². The van der Waals surface area contributed by atoms with E-state index in [0.29, 0.717) is 18.2 Å². The summed E-state index contributed by atoms with van der Waals surface area (Å²) < 4.78 is 7.14. The predicted octanol–water partition coefficient (Wildman–Crippen LogP) is 3.80. The highest BCUT2D eigenvalue weighted by Gasteiger charge is 2.32. The van der Waals surface area contributed by atoms with Crippen molar-refractivity contribution in [2.45, 2.75) is 51.6 Å². The van der Waals surface area contributed by atoms with E-state index in [0.717, 1.165) is 17.0 Å². The van der Waals surface area contributed by atoms with Crippen LogP contribution in [0.3, 0.4) is 0 Å². The van der Waals surface area contributed by atoms with Crippen molar-refractivity contribution >= 4 is 5.91 Å². The van der Waals surface area contributed by atoms with Crippen LogP contribution in [0.15, 0.2) is 30.3 Å². The van der Waals surface area contributed by atoms with Crippen LogP contribution >= 0.6 is 0 Å². The van der Waals surface area contributed by atoms with E-state index in [2.05, 4.69) is 20.8 Å². The van der Waals surface area contributed by atoms with Crippen molar-refractivity contribution in [3.8, 4) is 5.75 Å². The standard InChI is InChI=1S/C20H27N3O2/c1-20(2,3)23-18(12-17(21-23)15-9-10-15)19(24)22(4)13-14-7-6-8-16(11-14)25-5/h6-8,11-12,15H,9-10,13H2,1-5H3. The Kier molecular flexibility index (Phi) is 4.58. The first kappa shape index (κ1) is 17.5. The highest BCUT2D eigenvalue weighted by atomic mass is 16.5. The number of ether oxygens (including phenoxy) is 1. The van der Waals surface area contributed by atoms with Gasteiger partial charge in [0, 0.05) is 19.5 Å². The first-order valence-corrected chi connectivity index (χ1v) is 8.78. The molecule has 0 spiro atoms. The molecule has 1 heterocycles.